The number of aromatic nitrogens is 1. The number of fused-ring (bicyclic) bond motifs is 1. The third-order valence-electron chi connectivity index (χ3n) is 2.86. The van der Waals surface area contributed by atoms with Crippen LogP contribution in [0, 0.1) is 5.82 Å². The predicted molar refractivity (Wildman–Crippen MR) is 71.8 cm³/mol. The second kappa shape index (κ2) is 6.40. The summed E-state index contributed by atoms with van der Waals surface area (Å²) in [6.07, 6.45) is 0.939. The van der Waals surface area contributed by atoms with Gasteiger partial charge in [-0.25, -0.2) is 4.39 Å². The molecule has 0 atom stereocenters. The summed E-state index contributed by atoms with van der Waals surface area (Å²) < 4.78 is 23.1. The van der Waals surface area contributed by atoms with Crippen molar-refractivity contribution in [2.24, 2.45) is 0 Å². The van der Waals surface area contributed by atoms with Crippen LogP contribution in [0.3, 0.4) is 0 Å². The van der Waals surface area contributed by atoms with Gasteiger partial charge in [0.2, 0.25) is 0 Å². The summed E-state index contributed by atoms with van der Waals surface area (Å²) in [5.74, 6) is -0.682. The van der Waals surface area contributed by atoms with Gasteiger partial charge in [0.05, 0.1) is 17.6 Å². The third kappa shape index (κ3) is 3.28. The van der Waals surface area contributed by atoms with Crippen molar-refractivity contribution in [1.29, 1.82) is 0 Å². The van der Waals surface area contributed by atoms with Gasteiger partial charge in [0, 0.05) is 25.8 Å². The highest BCUT2D eigenvalue weighted by Crippen LogP contribution is 2.14. The Morgan fingerprint density at radius 2 is 2.10 bits per heavy atom. The van der Waals surface area contributed by atoms with Gasteiger partial charge in [-0.15, -0.1) is 0 Å². The van der Waals surface area contributed by atoms with Crippen LogP contribution < -0.4 is 5.32 Å². The second-order valence-electron chi connectivity index (χ2n) is 4.17. The number of amides is 1. The Hall–Kier alpha value is -2.05. The summed E-state index contributed by atoms with van der Waals surface area (Å²) in [4.78, 5) is 16.1. The molecule has 0 saturated carbocycles. The molecule has 106 valence electrons. The van der Waals surface area contributed by atoms with Crippen LogP contribution in [0.1, 0.15) is 10.4 Å². The van der Waals surface area contributed by atoms with E-state index >= 15 is 0 Å². The molecule has 2 rings (SSSR count). The van der Waals surface area contributed by atoms with E-state index in [1.165, 1.54) is 32.5 Å². The van der Waals surface area contributed by atoms with Gasteiger partial charge in [0.1, 0.15) is 5.82 Å². The zero-order chi connectivity index (χ0) is 14.5. The van der Waals surface area contributed by atoms with Gasteiger partial charge in [-0.1, -0.05) is 0 Å². The lowest BCUT2D eigenvalue weighted by Crippen LogP contribution is -2.34. The average Bonchev–Trinajstić information content (AvgIpc) is 2.47. The Bertz CT molecular complexity index is 614. The molecule has 0 aliphatic carbocycles. The predicted octanol–water partition coefficient (Wildman–Crippen LogP) is 1.72. The van der Waals surface area contributed by atoms with E-state index in [1.54, 1.807) is 12.1 Å². The number of ether oxygens (including phenoxy) is 2. The van der Waals surface area contributed by atoms with Crippen LogP contribution in [-0.2, 0) is 9.47 Å². The van der Waals surface area contributed by atoms with E-state index < -0.39 is 6.29 Å². The molecule has 0 aliphatic rings. The molecule has 1 N–H and O–H groups in total. The lowest BCUT2D eigenvalue weighted by Gasteiger charge is -2.14. The van der Waals surface area contributed by atoms with Gasteiger partial charge in [0.25, 0.3) is 5.91 Å². The quantitative estimate of drug-likeness (QED) is 0.846. The van der Waals surface area contributed by atoms with Crippen LogP contribution in [0.5, 0.6) is 0 Å². The highest BCUT2D eigenvalue weighted by molar-refractivity contribution is 5.97. The number of benzene rings is 1. The summed E-state index contributed by atoms with van der Waals surface area (Å²) in [7, 11) is 2.97. The topological polar surface area (TPSA) is 60.5 Å². The van der Waals surface area contributed by atoms with Crippen molar-refractivity contribution in [3.05, 3.63) is 41.8 Å². The Kier molecular flexibility index (Phi) is 4.60. The Morgan fingerprint density at radius 3 is 2.80 bits per heavy atom. The van der Waals surface area contributed by atoms with Crippen molar-refractivity contribution in [2.75, 3.05) is 20.8 Å². The van der Waals surface area contributed by atoms with Gasteiger partial charge >= 0.3 is 0 Å². The zero-order valence-electron chi connectivity index (χ0n) is 11.2. The first-order valence-corrected chi connectivity index (χ1v) is 6.03. The van der Waals surface area contributed by atoms with Crippen molar-refractivity contribution in [1.82, 2.24) is 10.3 Å². The van der Waals surface area contributed by atoms with Crippen LogP contribution in [0.2, 0.25) is 0 Å². The van der Waals surface area contributed by atoms with E-state index in [2.05, 4.69) is 10.3 Å². The van der Waals surface area contributed by atoms with E-state index in [0.29, 0.717) is 16.5 Å². The van der Waals surface area contributed by atoms with Gasteiger partial charge in [-0.3, -0.25) is 9.78 Å². The minimum Gasteiger partial charge on any atom is -0.354 e. The smallest absolute Gasteiger partial charge is 0.253 e. The van der Waals surface area contributed by atoms with Crippen LogP contribution in [0.25, 0.3) is 10.9 Å². The molecular formula is C14H15FN2O3. The lowest BCUT2D eigenvalue weighted by atomic mass is 10.1. The first kappa shape index (κ1) is 14.4. The average molecular weight is 278 g/mol. The Balaban J connectivity index is 2.14. The standard InChI is InChI=1S/C14H15FN2O3/c1-19-13(20-2)8-17-14(18)10-5-9-6-11(15)3-4-12(9)16-7-10/h3-7,13H,8H2,1-2H3,(H,17,18). The van der Waals surface area contributed by atoms with Crippen LogP contribution in [0.4, 0.5) is 4.39 Å². The molecule has 1 aromatic heterocycles. The monoisotopic (exact) mass is 278 g/mol. The van der Waals surface area contributed by atoms with Crippen molar-refractivity contribution in [3.8, 4) is 0 Å². The fourth-order valence-electron chi connectivity index (χ4n) is 1.77. The number of nitrogens with zero attached hydrogens (tertiary/aromatic N) is 1. The molecule has 1 aromatic carbocycles. The van der Waals surface area contributed by atoms with Crippen molar-refractivity contribution >= 4 is 16.8 Å². The summed E-state index contributed by atoms with van der Waals surface area (Å²) in [5, 5.41) is 3.23. The fourth-order valence-corrected chi connectivity index (χ4v) is 1.77. The first-order chi connectivity index (χ1) is 9.63. The normalized spacial score (nSPS) is 11.0. The Labute approximate surface area is 115 Å². The van der Waals surface area contributed by atoms with Crippen molar-refractivity contribution < 1.29 is 18.7 Å². The van der Waals surface area contributed by atoms with E-state index in [9.17, 15) is 9.18 Å². The number of pyridine rings is 1. The van der Waals surface area contributed by atoms with E-state index in [4.69, 9.17) is 9.47 Å². The molecule has 0 spiro atoms. The SMILES string of the molecule is COC(CNC(=O)c1cnc2ccc(F)cc2c1)OC. The van der Waals surface area contributed by atoms with Gasteiger partial charge in [-0.2, -0.15) is 0 Å². The molecule has 5 nitrogen and oxygen atoms in total. The van der Waals surface area contributed by atoms with Gasteiger partial charge < -0.3 is 14.8 Å². The molecule has 6 heteroatoms. The minimum absolute atomic E-state index is 0.215. The largest absolute Gasteiger partial charge is 0.354 e. The molecule has 2 aromatic rings. The highest BCUT2D eigenvalue weighted by Gasteiger charge is 2.11. The summed E-state index contributed by atoms with van der Waals surface area (Å²) >= 11 is 0. The molecule has 0 fully saturated rings. The van der Waals surface area contributed by atoms with Crippen LogP contribution in [0.15, 0.2) is 30.5 Å². The van der Waals surface area contributed by atoms with Crippen molar-refractivity contribution in [2.45, 2.75) is 6.29 Å². The van der Waals surface area contributed by atoms with Crippen LogP contribution >= 0.6 is 0 Å². The number of carbonyl (C=O) groups excluding carboxylic acids is 1. The number of halogens is 1. The van der Waals surface area contributed by atoms with Gasteiger partial charge in [-0.05, 0) is 24.3 Å². The minimum atomic E-state index is -0.509. The lowest BCUT2D eigenvalue weighted by molar-refractivity contribution is -0.0974. The molecule has 0 saturated heterocycles. The third-order valence-corrected chi connectivity index (χ3v) is 2.86. The molecule has 1 amide bonds. The maximum atomic E-state index is 13.2. The molecule has 0 aliphatic heterocycles. The molecule has 20 heavy (non-hydrogen) atoms. The summed E-state index contributed by atoms with van der Waals surface area (Å²) in [6.45, 7) is 0.215. The maximum Gasteiger partial charge on any atom is 0.253 e. The van der Waals surface area contributed by atoms with Gasteiger partial charge in [0.15, 0.2) is 6.29 Å². The Morgan fingerprint density at radius 1 is 1.35 bits per heavy atom. The van der Waals surface area contributed by atoms with Crippen molar-refractivity contribution in [3.63, 3.8) is 0 Å². The fraction of sp³-hybridized carbons (Fsp3) is 0.286. The molecular weight excluding hydrogens is 263 g/mol. The van der Waals surface area contributed by atoms with Crippen LogP contribution in [-0.4, -0.2) is 37.9 Å². The van der Waals surface area contributed by atoms with E-state index in [0.717, 1.165) is 0 Å². The summed E-state index contributed by atoms with van der Waals surface area (Å²) in [6, 6.07) is 5.83. The number of carbonyl (C=O) groups is 1. The molecule has 0 radical (unpaired) electrons. The number of nitrogens with one attached hydrogen (secondary N) is 1. The first-order valence-electron chi connectivity index (χ1n) is 6.03. The molecule has 0 bridgehead atoms. The maximum absolute atomic E-state index is 13.2. The number of rotatable bonds is 5. The van der Waals surface area contributed by atoms with E-state index in [1.807, 2.05) is 0 Å². The van der Waals surface area contributed by atoms with E-state index in [-0.39, 0.29) is 18.3 Å². The zero-order valence-corrected chi connectivity index (χ0v) is 11.2. The highest BCUT2D eigenvalue weighted by atomic mass is 19.1. The second-order valence-corrected chi connectivity index (χ2v) is 4.17. The summed E-state index contributed by atoms with van der Waals surface area (Å²) in [5.41, 5.74) is 0.990. The number of hydrogen-bond donors (Lipinski definition) is 1. The molecule has 1 heterocycles. The molecule has 0 unspecified atom stereocenters. The number of methoxy groups -OCH3 is 2. The number of hydrogen-bond acceptors (Lipinski definition) is 4.